The van der Waals surface area contributed by atoms with Gasteiger partial charge in [0.25, 0.3) is 10.0 Å². The van der Waals surface area contributed by atoms with Crippen LogP contribution in [0.5, 0.6) is 11.6 Å². The first kappa shape index (κ1) is 19.3. The number of anilines is 1. The molecule has 2 aromatic carbocycles. The van der Waals surface area contributed by atoms with Crippen molar-refractivity contribution in [3.63, 3.8) is 0 Å². The fourth-order valence-corrected chi connectivity index (χ4v) is 3.23. The van der Waals surface area contributed by atoms with Crippen molar-refractivity contribution in [2.75, 3.05) is 18.9 Å². The van der Waals surface area contributed by atoms with Crippen LogP contribution in [0, 0.1) is 0 Å². The molecular weight excluding hydrogens is 380 g/mol. The number of aliphatic imine (C=N–C) groups is 1. The Kier molecular flexibility index (Phi) is 5.85. The Morgan fingerprint density at radius 1 is 0.893 bits per heavy atom. The second-order valence-corrected chi connectivity index (χ2v) is 7.27. The molecule has 28 heavy (non-hydrogen) atoms. The van der Waals surface area contributed by atoms with Gasteiger partial charge >= 0.3 is 0 Å². The molecule has 0 radical (unpaired) electrons. The van der Waals surface area contributed by atoms with Crippen LogP contribution in [0.1, 0.15) is 5.56 Å². The maximum Gasteiger partial charge on any atom is 0.263 e. The maximum absolute atomic E-state index is 12.4. The van der Waals surface area contributed by atoms with Crippen LogP contribution in [-0.4, -0.2) is 39.0 Å². The molecule has 0 amide bonds. The molecule has 0 aliphatic rings. The van der Waals surface area contributed by atoms with E-state index in [1.807, 2.05) is 24.3 Å². The summed E-state index contributed by atoms with van der Waals surface area (Å²) in [7, 11) is -0.727. The van der Waals surface area contributed by atoms with Gasteiger partial charge in [-0.15, -0.1) is 10.2 Å². The van der Waals surface area contributed by atoms with E-state index in [2.05, 4.69) is 19.9 Å². The molecule has 0 saturated carbocycles. The summed E-state index contributed by atoms with van der Waals surface area (Å²) in [6.45, 7) is 0. The van der Waals surface area contributed by atoms with Crippen molar-refractivity contribution < 1.29 is 17.9 Å². The lowest BCUT2D eigenvalue weighted by Gasteiger charge is -2.07. The molecule has 0 spiro atoms. The molecule has 8 nitrogen and oxygen atoms in total. The van der Waals surface area contributed by atoms with Gasteiger partial charge in [-0.05, 0) is 60.2 Å². The highest BCUT2D eigenvalue weighted by atomic mass is 32.2. The first-order valence-electron chi connectivity index (χ1n) is 8.19. The Labute approximate surface area is 162 Å². The molecule has 0 atom stereocenters. The Bertz CT molecular complexity index is 1050. The molecular formula is C19H18N4O4S. The average molecular weight is 398 g/mol. The van der Waals surface area contributed by atoms with Crippen LogP contribution in [0.3, 0.4) is 0 Å². The van der Waals surface area contributed by atoms with Crippen LogP contribution in [0.4, 0.5) is 11.5 Å². The molecule has 0 unspecified atom stereocenters. The number of methoxy groups -OCH3 is 2. The fourth-order valence-electron chi connectivity index (χ4n) is 2.23. The van der Waals surface area contributed by atoms with Crippen LogP contribution >= 0.6 is 0 Å². The van der Waals surface area contributed by atoms with Crippen LogP contribution in [0.2, 0.25) is 0 Å². The number of rotatable bonds is 7. The van der Waals surface area contributed by atoms with Crippen LogP contribution in [0.25, 0.3) is 0 Å². The minimum atomic E-state index is -3.78. The van der Waals surface area contributed by atoms with Gasteiger partial charge in [-0.1, -0.05) is 0 Å². The van der Waals surface area contributed by atoms with Gasteiger partial charge in [-0.25, -0.2) is 8.42 Å². The molecule has 0 fully saturated rings. The van der Waals surface area contributed by atoms with Gasteiger partial charge in [0.1, 0.15) is 5.75 Å². The Balaban J connectivity index is 1.70. The van der Waals surface area contributed by atoms with Crippen molar-refractivity contribution in [1.29, 1.82) is 0 Å². The fraction of sp³-hybridized carbons (Fsp3) is 0.105. The zero-order valence-electron chi connectivity index (χ0n) is 15.2. The third kappa shape index (κ3) is 4.83. The van der Waals surface area contributed by atoms with Crippen molar-refractivity contribution in [3.8, 4) is 11.6 Å². The standard InChI is InChI=1S/C19H18N4O4S/c1-26-16-7-3-14(4-8-16)13-20-15-5-9-17(10-6-15)28(24,25)23-18-11-12-19(27-2)22-21-18/h3-13H,1-2H3,(H,21,23). The molecule has 1 N–H and O–H groups in total. The summed E-state index contributed by atoms with van der Waals surface area (Å²) in [5.74, 6) is 1.16. The predicted molar refractivity (Wildman–Crippen MR) is 106 cm³/mol. The van der Waals surface area contributed by atoms with Gasteiger partial charge < -0.3 is 9.47 Å². The molecule has 0 aliphatic carbocycles. The summed E-state index contributed by atoms with van der Waals surface area (Å²) >= 11 is 0. The molecule has 144 valence electrons. The summed E-state index contributed by atoms with van der Waals surface area (Å²) in [6, 6.07) is 16.6. The molecule has 0 saturated heterocycles. The smallest absolute Gasteiger partial charge is 0.263 e. The summed E-state index contributed by atoms with van der Waals surface area (Å²) in [4.78, 5) is 4.43. The Morgan fingerprint density at radius 3 is 2.18 bits per heavy atom. The van der Waals surface area contributed by atoms with Crippen molar-refractivity contribution in [2.24, 2.45) is 4.99 Å². The van der Waals surface area contributed by atoms with Gasteiger partial charge in [0.2, 0.25) is 5.88 Å². The van der Waals surface area contributed by atoms with Gasteiger partial charge in [-0.2, -0.15) is 0 Å². The van der Waals surface area contributed by atoms with E-state index in [1.165, 1.54) is 31.4 Å². The highest BCUT2D eigenvalue weighted by Gasteiger charge is 2.15. The molecule has 3 aromatic rings. The van der Waals surface area contributed by atoms with Crippen molar-refractivity contribution in [2.45, 2.75) is 4.90 Å². The second-order valence-electron chi connectivity index (χ2n) is 5.59. The first-order chi connectivity index (χ1) is 13.5. The number of nitrogens with one attached hydrogen (secondary N) is 1. The average Bonchev–Trinajstić information content (AvgIpc) is 2.73. The number of hydrogen-bond acceptors (Lipinski definition) is 7. The molecule has 0 bridgehead atoms. The minimum absolute atomic E-state index is 0.0912. The monoisotopic (exact) mass is 398 g/mol. The maximum atomic E-state index is 12.4. The summed E-state index contributed by atoms with van der Waals surface area (Å²) in [5.41, 5.74) is 1.52. The van der Waals surface area contributed by atoms with Crippen LogP contribution in [-0.2, 0) is 10.0 Å². The topological polar surface area (TPSA) is 103 Å². The van der Waals surface area contributed by atoms with Gasteiger partial charge in [0.05, 0.1) is 24.8 Å². The number of aromatic nitrogens is 2. The van der Waals surface area contributed by atoms with Crippen LogP contribution in [0.15, 0.2) is 70.6 Å². The van der Waals surface area contributed by atoms with Gasteiger partial charge in [0, 0.05) is 12.3 Å². The lowest BCUT2D eigenvalue weighted by Crippen LogP contribution is -2.14. The first-order valence-corrected chi connectivity index (χ1v) is 9.67. The molecule has 1 heterocycles. The van der Waals surface area contributed by atoms with Crippen LogP contribution < -0.4 is 14.2 Å². The van der Waals surface area contributed by atoms with E-state index >= 15 is 0 Å². The number of nitrogens with zero attached hydrogens (tertiary/aromatic N) is 3. The van der Waals surface area contributed by atoms with E-state index in [-0.39, 0.29) is 10.7 Å². The summed E-state index contributed by atoms with van der Waals surface area (Å²) < 4.78 is 37.3. The third-order valence-electron chi connectivity index (χ3n) is 3.71. The zero-order valence-corrected chi connectivity index (χ0v) is 16.1. The lowest BCUT2D eigenvalue weighted by molar-refractivity contribution is 0.392. The van der Waals surface area contributed by atoms with E-state index < -0.39 is 10.0 Å². The highest BCUT2D eigenvalue weighted by Crippen LogP contribution is 2.19. The van der Waals surface area contributed by atoms with E-state index in [0.29, 0.717) is 11.6 Å². The van der Waals surface area contributed by atoms with E-state index in [4.69, 9.17) is 9.47 Å². The SMILES string of the molecule is COc1ccc(C=Nc2ccc(S(=O)(=O)Nc3ccc(OC)nn3)cc2)cc1. The molecule has 1 aromatic heterocycles. The minimum Gasteiger partial charge on any atom is -0.497 e. The van der Waals surface area contributed by atoms with Gasteiger partial charge in [-0.3, -0.25) is 9.71 Å². The second kappa shape index (κ2) is 8.49. The van der Waals surface area contributed by atoms with E-state index in [0.717, 1.165) is 11.3 Å². The van der Waals surface area contributed by atoms with Crippen molar-refractivity contribution >= 4 is 27.7 Å². The largest absolute Gasteiger partial charge is 0.497 e. The number of benzene rings is 2. The predicted octanol–water partition coefficient (Wildman–Crippen LogP) is 3.05. The Hall–Kier alpha value is -3.46. The quantitative estimate of drug-likeness (QED) is 0.614. The molecule has 0 aliphatic heterocycles. The molecule has 3 rings (SSSR count). The Morgan fingerprint density at radius 2 is 1.61 bits per heavy atom. The van der Waals surface area contributed by atoms with Gasteiger partial charge in [0.15, 0.2) is 5.82 Å². The van der Waals surface area contributed by atoms with E-state index in [1.54, 1.807) is 25.5 Å². The number of hydrogen-bond donors (Lipinski definition) is 1. The van der Waals surface area contributed by atoms with E-state index in [9.17, 15) is 8.42 Å². The van der Waals surface area contributed by atoms with Crippen molar-refractivity contribution in [3.05, 3.63) is 66.2 Å². The number of ether oxygens (including phenoxy) is 2. The third-order valence-corrected chi connectivity index (χ3v) is 5.08. The summed E-state index contributed by atoms with van der Waals surface area (Å²) in [5, 5.41) is 7.48. The van der Waals surface area contributed by atoms with Crippen molar-refractivity contribution in [1.82, 2.24) is 10.2 Å². The molecule has 9 heteroatoms. The summed E-state index contributed by atoms with van der Waals surface area (Å²) in [6.07, 6.45) is 1.69. The normalized spacial score (nSPS) is 11.4. The zero-order chi connectivity index (χ0) is 20.0. The highest BCUT2D eigenvalue weighted by molar-refractivity contribution is 7.92. The number of sulfonamides is 1. The lowest BCUT2D eigenvalue weighted by atomic mass is 10.2.